The summed E-state index contributed by atoms with van der Waals surface area (Å²) in [5, 5.41) is 21.1. The first-order valence-electron chi connectivity index (χ1n) is 6.95. The van der Waals surface area contributed by atoms with Crippen molar-refractivity contribution in [1.82, 2.24) is 10.2 Å². The predicted octanol–water partition coefficient (Wildman–Crippen LogP) is 0.421. The summed E-state index contributed by atoms with van der Waals surface area (Å²) in [4.78, 5) is 25.1. The highest BCUT2D eigenvalue weighted by Crippen LogP contribution is 2.17. The second-order valence-corrected chi connectivity index (χ2v) is 5.18. The number of aliphatic carboxylic acids is 1. The van der Waals surface area contributed by atoms with Gasteiger partial charge in [-0.2, -0.15) is 0 Å². The normalized spacial score (nSPS) is 23.5. The lowest BCUT2D eigenvalue weighted by atomic mass is 9.93. The lowest BCUT2D eigenvalue weighted by Gasteiger charge is -2.38. The molecule has 116 valence electrons. The van der Waals surface area contributed by atoms with E-state index in [0.29, 0.717) is 19.4 Å². The highest BCUT2D eigenvalue weighted by Gasteiger charge is 2.39. The molecule has 0 aromatic carbocycles. The number of carbonyl (C=O) groups is 2. The molecule has 1 fully saturated rings. The van der Waals surface area contributed by atoms with E-state index >= 15 is 0 Å². The van der Waals surface area contributed by atoms with E-state index in [1.165, 1.54) is 4.90 Å². The van der Waals surface area contributed by atoms with Crippen LogP contribution in [-0.4, -0.2) is 64.6 Å². The Labute approximate surface area is 118 Å². The topological polar surface area (TPSA) is 99.1 Å². The van der Waals surface area contributed by atoms with E-state index in [1.54, 1.807) is 13.8 Å². The number of hydrogen-bond acceptors (Lipinski definition) is 4. The average Bonchev–Trinajstić information content (AvgIpc) is 2.43. The lowest BCUT2D eigenvalue weighted by Crippen LogP contribution is -2.60. The molecule has 7 nitrogen and oxygen atoms in total. The summed E-state index contributed by atoms with van der Waals surface area (Å²) in [6.07, 6.45) is 0.0167. The molecule has 2 atom stereocenters. The molecule has 0 radical (unpaired) electrons. The molecule has 1 aliphatic heterocycles. The van der Waals surface area contributed by atoms with E-state index in [9.17, 15) is 14.7 Å². The fourth-order valence-corrected chi connectivity index (χ4v) is 2.38. The number of carboxylic acid groups (broad SMARTS) is 1. The zero-order valence-corrected chi connectivity index (χ0v) is 12.3. The highest BCUT2D eigenvalue weighted by molar-refractivity contribution is 5.86. The summed E-state index contributed by atoms with van der Waals surface area (Å²) >= 11 is 0. The third-order valence-corrected chi connectivity index (χ3v) is 3.78. The summed E-state index contributed by atoms with van der Waals surface area (Å²) in [6.45, 7) is 5.75. The first kappa shape index (κ1) is 16.7. The van der Waals surface area contributed by atoms with E-state index in [0.717, 1.165) is 0 Å². The molecular weight excluding hydrogens is 264 g/mol. The van der Waals surface area contributed by atoms with Crippen LogP contribution in [0.4, 0.5) is 4.79 Å². The van der Waals surface area contributed by atoms with Gasteiger partial charge in [0.15, 0.2) is 0 Å². The van der Waals surface area contributed by atoms with Gasteiger partial charge in [0, 0.05) is 6.54 Å². The number of rotatable bonds is 5. The number of urea groups is 1. The standard InChI is InChI=1S/C13H24N2O5/c1-4-13(5-2,11(17)18)14-12(19)15-6-9(3)20-10(7-15)8-16/h9-10,16H,4-8H2,1-3H3,(H,14,19)(H,17,18). The number of hydrogen-bond donors (Lipinski definition) is 3. The Kier molecular flexibility index (Phi) is 5.76. The van der Waals surface area contributed by atoms with E-state index in [-0.39, 0.29) is 19.3 Å². The van der Waals surface area contributed by atoms with Gasteiger partial charge in [0.2, 0.25) is 0 Å². The summed E-state index contributed by atoms with van der Waals surface area (Å²) in [5.74, 6) is -1.03. The average molecular weight is 288 g/mol. The molecule has 0 saturated carbocycles. The Morgan fingerprint density at radius 3 is 2.40 bits per heavy atom. The summed E-state index contributed by atoms with van der Waals surface area (Å²) in [6, 6.07) is -0.426. The Hall–Kier alpha value is -1.34. The number of amides is 2. The maximum absolute atomic E-state index is 12.3. The van der Waals surface area contributed by atoms with Gasteiger partial charge in [0.25, 0.3) is 0 Å². The molecule has 1 rings (SSSR count). The molecule has 1 aliphatic rings. The number of morpholine rings is 1. The van der Waals surface area contributed by atoms with Gasteiger partial charge in [-0.05, 0) is 19.8 Å². The summed E-state index contributed by atoms with van der Waals surface area (Å²) < 4.78 is 5.46. The number of aliphatic hydroxyl groups is 1. The Morgan fingerprint density at radius 2 is 1.95 bits per heavy atom. The van der Waals surface area contributed by atoms with Crippen LogP contribution in [0.25, 0.3) is 0 Å². The number of aliphatic hydroxyl groups excluding tert-OH is 1. The molecule has 0 aromatic rings. The number of carbonyl (C=O) groups excluding carboxylic acids is 1. The van der Waals surface area contributed by atoms with Crippen LogP contribution in [0, 0.1) is 0 Å². The molecule has 0 aromatic heterocycles. The molecular formula is C13H24N2O5. The fraction of sp³-hybridized carbons (Fsp3) is 0.846. The van der Waals surface area contributed by atoms with Crippen molar-refractivity contribution in [2.75, 3.05) is 19.7 Å². The zero-order chi connectivity index (χ0) is 15.3. The van der Waals surface area contributed by atoms with Crippen LogP contribution in [0.15, 0.2) is 0 Å². The van der Waals surface area contributed by atoms with Gasteiger partial charge in [-0.25, -0.2) is 9.59 Å². The van der Waals surface area contributed by atoms with Crippen LogP contribution in [0.2, 0.25) is 0 Å². The quantitative estimate of drug-likeness (QED) is 0.681. The van der Waals surface area contributed by atoms with Crippen LogP contribution in [0.1, 0.15) is 33.6 Å². The van der Waals surface area contributed by atoms with Crippen molar-refractivity contribution in [3.05, 3.63) is 0 Å². The zero-order valence-electron chi connectivity index (χ0n) is 12.3. The van der Waals surface area contributed by atoms with E-state index < -0.39 is 23.6 Å². The van der Waals surface area contributed by atoms with Crippen molar-refractivity contribution in [1.29, 1.82) is 0 Å². The molecule has 3 N–H and O–H groups in total. The molecule has 2 amide bonds. The second kappa shape index (κ2) is 6.90. The Balaban J connectivity index is 2.76. The minimum Gasteiger partial charge on any atom is -0.480 e. The molecule has 0 bridgehead atoms. The molecule has 0 spiro atoms. The fourth-order valence-electron chi connectivity index (χ4n) is 2.38. The van der Waals surface area contributed by atoms with Crippen LogP contribution in [-0.2, 0) is 9.53 Å². The number of ether oxygens (including phenoxy) is 1. The lowest BCUT2D eigenvalue weighted by molar-refractivity contribution is -0.145. The molecule has 7 heteroatoms. The Bertz CT molecular complexity index is 357. The van der Waals surface area contributed by atoms with Crippen molar-refractivity contribution in [3.63, 3.8) is 0 Å². The molecule has 20 heavy (non-hydrogen) atoms. The van der Waals surface area contributed by atoms with Crippen LogP contribution in [0.5, 0.6) is 0 Å². The van der Waals surface area contributed by atoms with Crippen molar-refractivity contribution >= 4 is 12.0 Å². The second-order valence-electron chi connectivity index (χ2n) is 5.18. The van der Waals surface area contributed by atoms with Crippen LogP contribution >= 0.6 is 0 Å². The van der Waals surface area contributed by atoms with Gasteiger partial charge in [-0.3, -0.25) is 0 Å². The maximum Gasteiger partial charge on any atom is 0.329 e. The van der Waals surface area contributed by atoms with Gasteiger partial charge < -0.3 is 25.2 Å². The minimum atomic E-state index is -1.24. The van der Waals surface area contributed by atoms with E-state index in [4.69, 9.17) is 9.84 Å². The first-order valence-corrected chi connectivity index (χ1v) is 6.95. The Morgan fingerprint density at radius 1 is 1.35 bits per heavy atom. The minimum absolute atomic E-state index is 0.167. The maximum atomic E-state index is 12.3. The largest absolute Gasteiger partial charge is 0.480 e. The predicted molar refractivity (Wildman–Crippen MR) is 72.5 cm³/mol. The van der Waals surface area contributed by atoms with Gasteiger partial charge >= 0.3 is 12.0 Å². The van der Waals surface area contributed by atoms with Crippen molar-refractivity contribution in [3.8, 4) is 0 Å². The summed E-state index contributed by atoms with van der Waals surface area (Å²) in [5.41, 5.74) is -1.24. The molecule has 0 aliphatic carbocycles. The molecule has 2 unspecified atom stereocenters. The third-order valence-electron chi connectivity index (χ3n) is 3.78. The van der Waals surface area contributed by atoms with Crippen LogP contribution < -0.4 is 5.32 Å². The monoisotopic (exact) mass is 288 g/mol. The summed E-state index contributed by atoms with van der Waals surface area (Å²) in [7, 11) is 0. The van der Waals surface area contributed by atoms with E-state index in [2.05, 4.69) is 5.32 Å². The van der Waals surface area contributed by atoms with Gasteiger partial charge in [-0.1, -0.05) is 13.8 Å². The van der Waals surface area contributed by atoms with Crippen molar-refractivity contribution in [2.45, 2.75) is 51.4 Å². The van der Waals surface area contributed by atoms with Gasteiger partial charge in [0.05, 0.1) is 25.4 Å². The van der Waals surface area contributed by atoms with Gasteiger partial charge in [-0.15, -0.1) is 0 Å². The van der Waals surface area contributed by atoms with Crippen molar-refractivity contribution < 1.29 is 24.5 Å². The third kappa shape index (κ3) is 3.61. The number of nitrogens with one attached hydrogen (secondary N) is 1. The number of nitrogens with zero attached hydrogens (tertiary/aromatic N) is 1. The SMILES string of the molecule is CCC(CC)(NC(=O)N1CC(C)OC(CO)C1)C(=O)O. The first-order chi connectivity index (χ1) is 9.38. The van der Waals surface area contributed by atoms with Crippen molar-refractivity contribution in [2.24, 2.45) is 0 Å². The van der Waals surface area contributed by atoms with Crippen LogP contribution in [0.3, 0.4) is 0 Å². The van der Waals surface area contributed by atoms with Gasteiger partial charge in [0.1, 0.15) is 5.54 Å². The molecule has 1 saturated heterocycles. The smallest absolute Gasteiger partial charge is 0.329 e. The number of carboxylic acids is 1. The highest BCUT2D eigenvalue weighted by atomic mass is 16.5. The molecule has 1 heterocycles. The van der Waals surface area contributed by atoms with E-state index in [1.807, 2.05) is 6.92 Å².